The minimum atomic E-state index is -4.02. The summed E-state index contributed by atoms with van der Waals surface area (Å²) in [4.78, 5) is 12.7. The molecule has 0 unspecified atom stereocenters. The van der Waals surface area contributed by atoms with Crippen molar-refractivity contribution in [1.29, 1.82) is 0 Å². The van der Waals surface area contributed by atoms with Gasteiger partial charge in [0.05, 0.1) is 10.5 Å². The number of aromatic carboxylic acids is 1. The molecule has 1 aliphatic heterocycles. The van der Waals surface area contributed by atoms with Gasteiger partial charge in [0.2, 0.25) is 10.0 Å². The molecule has 1 aromatic carbocycles. The third-order valence-corrected chi connectivity index (χ3v) is 5.88. The first-order chi connectivity index (χ1) is 10.2. The molecule has 1 aliphatic rings. The number of nitrogens with zero attached hydrogens (tertiary/aromatic N) is 2. The Kier molecular flexibility index (Phi) is 4.84. The van der Waals surface area contributed by atoms with Crippen LogP contribution in [0.25, 0.3) is 0 Å². The molecule has 0 spiro atoms. The summed E-state index contributed by atoms with van der Waals surface area (Å²) >= 11 is 0. The average molecular weight is 330 g/mol. The summed E-state index contributed by atoms with van der Waals surface area (Å²) in [6.45, 7) is 0.585. The Morgan fingerprint density at radius 2 is 1.91 bits per heavy atom. The quantitative estimate of drug-likeness (QED) is 0.899. The van der Waals surface area contributed by atoms with E-state index in [2.05, 4.69) is 0 Å². The summed E-state index contributed by atoms with van der Waals surface area (Å²) < 4.78 is 39.9. The highest BCUT2D eigenvalue weighted by Crippen LogP contribution is 2.25. The lowest BCUT2D eigenvalue weighted by atomic mass is 10.1. The van der Waals surface area contributed by atoms with E-state index in [1.165, 1.54) is 4.31 Å². The van der Waals surface area contributed by atoms with Crippen molar-refractivity contribution in [1.82, 2.24) is 9.21 Å². The Labute approximate surface area is 129 Å². The van der Waals surface area contributed by atoms with E-state index in [-0.39, 0.29) is 6.04 Å². The predicted octanol–water partition coefficient (Wildman–Crippen LogP) is 1.24. The van der Waals surface area contributed by atoms with Gasteiger partial charge in [-0.3, -0.25) is 0 Å². The van der Waals surface area contributed by atoms with Crippen LogP contribution in [0.15, 0.2) is 23.1 Å². The molecule has 8 heteroatoms. The first-order valence-electron chi connectivity index (χ1n) is 6.93. The number of piperidine rings is 1. The van der Waals surface area contributed by atoms with Crippen molar-refractivity contribution in [2.75, 3.05) is 27.2 Å². The fourth-order valence-corrected chi connectivity index (χ4v) is 4.29. The number of hydrogen-bond acceptors (Lipinski definition) is 4. The Morgan fingerprint density at radius 3 is 2.41 bits per heavy atom. The van der Waals surface area contributed by atoms with Crippen LogP contribution < -0.4 is 0 Å². The van der Waals surface area contributed by atoms with Crippen molar-refractivity contribution >= 4 is 16.0 Å². The molecule has 0 atom stereocenters. The van der Waals surface area contributed by atoms with Crippen LogP contribution in [-0.4, -0.2) is 61.9 Å². The largest absolute Gasteiger partial charge is 0.478 e. The van der Waals surface area contributed by atoms with Crippen LogP contribution in [0.3, 0.4) is 0 Å². The number of benzene rings is 1. The number of hydrogen-bond donors (Lipinski definition) is 1. The second kappa shape index (κ2) is 6.31. The van der Waals surface area contributed by atoms with E-state index in [1.807, 2.05) is 19.0 Å². The summed E-state index contributed by atoms with van der Waals surface area (Å²) in [5.41, 5.74) is -0.406. The average Bonchev–Trinajstić information content (AvgIpc) is 2.46. The fraction of sp³-hybridized carbons (Fsp3) is 0.500. The number of carboxylic acids is 1. The summed E-state index contributed by atoms with van der Waals surface area (Å²) in [5.74, 6) is -2.16. The number of sulfonamides is 1. The van der Waals surface area contributed by atoms with Crippen molar-refractivity contribution in [3.63, 3.8) is 0 Å². The van der Waals surface area contributed by atoms with Gasteiger partial charge in [0, 0.05) is 19.1 Å². The molecule has 6 nitrogen and oxygen atoms in total. The normalized spacial score (nSPS) is 17.8. The zero-order valence-electron chi connectivity index (χ0n) is 12.5. The zero-order chi connectivity index (χ0) is 16.5. The number of halogens is 1. The highest BCUT2D eigenvalue weighted by Gasteiger charge is 2.33. The van der Waals surface area contributed by atoms with Crippen LogP contribution in [0, 0.1) is 5.82 Å². The van der Waals surface area contributed by atoms with Crippen LogP contribution in [0.4, 0.5) is 4.39 Å². The monoisotopic (exact) mass is 330 g/mol. The molecule has 0 bridgehead atoms. The van der Waals surface area contributed by atoms with E-state index in [0.29, 0.717) is 25.9 Å². The molecule has 1 heterocycles. The SMILES string of the molecule is CN(C)C1CCN(S(=O)(=O)c2cc(F)ccc2C(=O)O)CC1. The van der Waals surface area contributed by atoms with Crippen molar-refractivity contribution in [2.24, 2.45) is 0 Å². The molecule has 22 heavy (non-hydrogen) atoms. The number of carboxylic acid groups (broad SMARTS) is 1. The molecule has 1 aromatic rings. The van der Waals surface area contributed by atoms with Gasteiger partial charge >= 0.3 is 5.97 Å². The molecule has 2 rings (SSSR count). The van der Waals surface area contributed by atoms with E-state index in [0.717, 1.165) is 18.2 Å². The third-order valence-electron chi connectivity index (χ3n) is 3.95. The summed E-state index contributed by atoms with van der Waals surface area (Å²) in [7, 11) is -0.146. The van der Waals surface area contributed by atoms with Gasteiger partial charge in [0.1, 0.15) is 5.82 Å². The molecule has 1 fully saturated rings. The molecule has 1 saturated heterocycles. The lowest BCUT2D eigenvalue weighted by Crippen LogP contribution is -2.44. The molecule has 0 amide bonds. The smallest absolute Gasteiger partial charge is 0.337 e. The van der Waals surface area contributed by atoms with Crippen LogP contribution in [-0.2, 0) is 10.0 Å². The molecule has 0 radical (unpaired) electrons. The van der Waals surface area contributed by atoms with Gasteiger partial charge in [-0.2, -0.15) is 4.31 Å². The van der Waals surface area contributed by atoms with E-state index in [9.17, 15) is 17.6 Å². The first kappa shape index (κ1) is 16.9. The van der Waals surface area contributed by atoms with Gasteiger partial charge in [0.15, 0.2) is 0 Å². The van der Waals surface area contributed by atoms with E-state index >= 15 is 0 Å². The summed E-state index contributed by atoms with van der Waals surface area (Å²) in [6.07, 6.45) is 1.31. The maximum atomic E-state index is 13.4. The topological polar surface area (TPSA) is 77.9 Å². The fourth-order valence-electron chi connectivity index (χ4n) is 2.62. The molecular weight excluding hydrogens is 311 g/mol. The van der Waals surface area contributed by atoms with E-state index in [4.69, 9.17) is 5.11 Å². The van der Waals surface area contributed by atoms with Crippen LogP contribution in [0.2, 0.25) is 0 Å². The molecule has 0 saturated carbocycles. The Balaban J connectivity index is 2.32. The van der Waals surface area contributed by atoms with Crippen LogP contribution in [0.1, 0.15) is 23.2 Å². The number of carbonyl (C=O) groups is 1. The van der Waals surface area contributed by atoms with Crippen molar-refractivity contribution < 1.29 is 22.7 Å². The highest BCUT2D eigenvalue weighted by atomic mass is 32.2. The zero-order valence-corrected chi connectivity index (χ0v) is 13.3. The summed E-state index contributed by atoms with van der Waals surface area (Å²) in [5, 5.41) is 9.12. The maximum absolute atomic E-state index is 13.4. The Morgan fingerprint density at radius 1 is 1.32 bits per heavy atom. The van der Waals surface area contributed by atoms with Crippen molar-refractivity contribution in [3.05, 3.63) is 29.6 Å². The number of rotatable bonds is 4. The second-order valence-corrected chi connectivity index (χ2v) is 7.45. The summed E-state index contributed by atoms with van der Waals surface area (Å²) in [6, 6.07) is 2.99. The minimum Gasteiger partial charge on any atom is -0.478 e. The minimum absolute atomic E-state index is 0.290. The lowest BCUT2D eigenvalue weighted by Gasteiger charge is -2.34. The van der Waals surface area contributed by atoms with E-state index < -0.39 is 32.3 Å². The van der Waals surface area contributed by atoms with Gasteiger partial charge < -0.3 is 10.0 Å². The standard InChI is InChI=1S/C14H19FN2O4S/c1-16(2)11-5-7-17(8-6-11)22(20,21)13-9-10(15)3-4-12(13)14(18)19/h3-4,9,11H,5-8H2,1-2H3,(H,18,19). The molecule has 0 aliphatic carbocycles. The van der Waals surface area contributed by atoms with Gasteiger partial charge in [-0.1, -0.05) is 0 Å². The maximum Gasteiger partial charge on any atom is 0.337 e. The van der Waals surface area contributed by atoms with Gasteiger partial charge in [-0.25, -0.2) is 17.6 Å². The van der Waals surface area contributed by atoms with Crippen LogP contribution >= 0.6 is 0 Å². The van der Waals surface area contributed by atoms with Gasteiger partial charge in [0.25, 0.3) is 0 Å². The Hall–Kier alpha value is -1.51. The molecule has 1 N–H and O–H groups in total. The Bertz CT molecular complexity index is 667. The van der Waals surface area contributed by atoms with Gasteiger partial charge in [-0.15, -0.1) is 0 Å². The third kappa shape index (κ3) is 3.29. The van der Waals surface area contributed by atoms with E-state index in [1.54, 1.807) is 0 Å². The highest BCUT2D eigenvalue weighted by molar-refractivity contribution is 7.89. The predicted molar refractivity (Wildman–Crippen MR) is 78.8 cm³/mol. The van der Waals surface area contributed by atoms with Gasteiger partial charge in [-0.05, 0) is 45.1 Å². The van der Waals surface area contributed by atoms with Crippen molar-refractivity contribution in [2.45, 2.75) is 23.8 Å². The first-order valence-corrected chi connectivity index (χ1v) is 8.37. The lowest BCUT2D eigenvalue weighted by molar-refractivity contribution is 0.0692. The molecular formula is C14H19FN2O4S. The molecule has 122 valence electrons. The second-order valence-electron chi connectivity index (χ2n) is 5.54. The van der Waals surface area contributed by atoms with Crippen molar-refractivity contribution in [3.8, 4) is 0 Å². The van der Waals surface area contributed by atoms with Crippen LogP contribution in [0.5, 0.6) is 0 Å². The molecule has 0 aromatic heterocycles.